The van der Waals surface area contributed by atoms with Crippen molar-refractivity contribution in [1.82, 2.24) is 14.7 Å². The largest absolute Gasteiger partial charge is 0.451 e. The molecule has 0 bridgehead atoms. The number of hydrogen-bond acceptors (Lipinski definition) is 7. The first-order chi connectivity index (χ1) is 17.0. The summed E-state index contributed by atoms with van der Waals surface area (Å²) >= 11 is 0. The Morgan fingerprint density at radius 3 is 2.34 bits per heavy atom. The number of benzene rings is 2. The van der Waals surface area contributed by atoms with Gasteiger partial charge in [-0.1, -0.05) is 18.2 Å². The molecule has 0 radical (unpaired) electrons. The molecule has 5 rings (SSSR count). The van der Waals surface area contributed by atoms with Gasteiger partial charge in [0, 0.05) is 55.3 Å². The maximum atomic E-state index is 12.8. The summed E-state index contributed by atoms with van der Waals surface area (Å²) in [4.78, 5) is 39.7. The van der Waals surface area contributed by atoms with Gasteiger partial charge in [-0.15, -0.1) is 0 Å². The number of amides is 1. The van der Waals surface area contributed by atoms with E-state index >= 15 is 0 Å². The lowest BCUT2D eigenvalue weighted by atomic mass is 10.2. The van der Waals surface area contributed by atoms with E-state index in [1.807, 2.05) is 30.3 Å². The number of esters is 1. The van der Waals surface area contributed by atoms with E-state index in [2.05, 4.69) is 10.00 Å². The Hall–Kier alpha value is -4.21. The SMILES string of the molecule is O=C(OCC(=O)N1CCN(c2ccc([N+](=O)[O-])cc2)CC1)c1nn(-c2ccccc2)c2c1CCC2. The quantitative estimate of drug-likeness (QED) is 0.306. The van der Waals surface area contributed by atoms with Gasteiger partial charge in [0.2, 0.25) is 0 Å². The standard InChI is InChI=1S/C25H25N5O5/c31-23(28-15-13-27(14-16-28)18-9-11-20(12-10-18)30(33)34)17-35-25(32)24-21-7-4-8-22(21)29(26-24)19-5-2-1-3-6-19/h1-3,5-6,9-12H,4,7-8,13-17H2. The fourth-order valence-corrected chi connectivity index (χ4v) is 4.67. The number of nitro groups is 1. The molecular formula is C25H25N5O5. The molecule has 10 nitrogen and oxygen atoms in total. The van der Waals surface area contributed by atoms with Crippen LogP contribution >= 0.6 is 0 Å². The lowest BCUT2D eigenvalue weighted by Gasteiger charge is -2.36. The fraction of sp³-hybridized carbons (Fsp3) is 0.320. The first kappa shape index (κ1) is 22.6. The molecule has 2 aromatic carbocycles. The van der Waals surface area contributed by atoms with Gasteiger partial charge < -0.3 is 14.5 Å². The number of fused-ring (bicyclic) bond motifs is 1. The zero-order valence-corrected chi connectivity index (χ0v) is 19.1. The van der Waals surface area contributed by atoms with Gasteiger partial charge in [0.05, 0.1) is 10.6 Å². The van der Waals surface area contributed by atoms with Crippen molar-refractivity contribution in [3.63, 3.8) is 0 Å². The summed E-state index contributed by atoms with van der Waals surface area (Å²) in [5.41, 5.74) is 4.03. The van der Waals surface area contributed by atoms with Crippen LogP contribution in [-0.2, 0) is 22.4 Å². The van der Waals surface area contributed by atoms with Crippen molar-refractivity contribution in [2.45, 2.75) is 19.3 Å². The van der Waals surface area contributed by atoms with E-state index < -0.39 is 10.9 Å². The average molecular weight is 476 g/mol. The van der Waals surface area contributed by atoms with E-state index in [0.29, 0.717) is 26.2 Å². The van der Waals surface area contributed by atoms with Crippen LogP contribution in [0.1, 0.15) is 28.2 Å². The Labute approximate surface area is 201 Å². The average Bonchev–Trinajstić information content (AvgIpc) is 3.51. The molecule has 3 aromatic rings. The first-order valence-corrected chi connectivity index (χ1v) is 11.6. The molecule has 0 atom stereocenters. The van der Waals surface area contributed by atoms with E-state index in [9.17, 15) is 19.7 Å². The van der Waals surface area contributed by atoms with E-state index in [4.69, 9.17) is 4.74 Å². The van der Waals surface area contributed by atoms with Gasteiger partial charge in [-0.3, -0.25) is 14.9 Å². The van der Waals surface area contributed by atoms with E-state index in [1.165, 1.54) is 12.1 Å². The van der Waals surface area contributed by atoms with Crippen molar-refractivity contribution < 1.29 is 19.2 Å². The highest BCUT2D eigenvalue weighted by Crippen LogP contribution is 2.28. The lowest BCUT2D eigenvalue weighted by molar-refractivity contribution is -0.384. The number of carbonyl (C=O) groups excluding carboxylic acids is 2. The summed E-state index contributed by atoms with van der Waals surface area (Å²) in [5.74, 6) is -0.823. The molecule has 1 amide bonds. The summed E-state index contributed by atoms with van der Waals surface area (Å²) in [6, 6.07) is 16.0. The zero-order chi connectivity index (χ0) is 24.4. The second-order valence-corrected chi connectivity index (χ2v) is 8.59. The van der Waals surface area contributed by atoms with Crippen LogP contribution in [-0.4, -0.2) is 64.3 Å². The predicted molar refractivity (Wildman–Crippen MR) is 128 cm³/mol. The van der Waals surface area contributed by atoms with Gasteiger partial charge in [-0.25, -0.2) is 9.48 Å². The molecule has 10 heteroatoms. The van der Waals surface area contributed by atoms with Gasteiger partial charge in [0.25, 0.3) is 11.6 Å². The van der Waals surface area contributed by atoms with Gasteiger partial charge in [0.15, 0.2) is 12.3 Å². The van der Waals surface area contributed by atoms with Gasteiger partial charge in [-0.2, -0.15) is 5.10 Å². The molecular weight excluding hydrogens is 450 g/mol. The maximum Gasteiger partial charge on any atom is 0.359 e. The highest BCUT2D eigenvalue weighted by Gasteiger charge is 2.29. The van der Waals surface area contributed by atoms with Crippen molar-refractivity contribution in [3.8, 4) is 5.69 Å². The molecule has 1 aliphatic heterocycles. The van der Waals surface area contributed by atoms with Crippen LogP contribution in [0.3, 0.4) is 0 Å². The number of rotatable bonds is 6. The fourth-order valence-electron chi connectivity index (χ4n) is 4.67. The smallest absolute Gasteiger partial charge is 0.359 e. The Morgan fingerprint density at radius 1 is 0.943 bits per heavy atom. The van der Waals surface area contributed by atoms with Crippen molar-refractivity contribution in [2.75, 3.05) is 37.7 Å². The monoisotopic (exact) mass is 475 g/mol. The number of carbonyl (C=O) groups is 2. The number of nitro benzene ring substituents is 1. The van der Waals surface area contributed by atoms with E-state index in [-0.39, 0.29) is 23.9 Å². The van der Waals surface area contributed by atoms with Crippen LogP contribution in [0.5, 0.6) is 0 Å². The Kier molecular flexibility index (Phi) is 6.17. The van der Waals surface area contributed by atoms with Crippen LogP contribution < -0.4 is 4.90 Å². The molecule has 1 fully saturated rings. The van der Waals surface area contributed by atoms with E-state index in [1.54, 1.807) is 21.7 Å². The summed E-state index contributed by atoms with van der Waals surface area (Å²) < 4.78 is 7.18. The number of para-hydroxylation sites is 1. The van der Waals surface area contributed by atoms with Crippen LogP contribution in [0.15, 0.2) is 54.6 Å². The highest BCUT2D eigenvalue weighted by atomic mass is 16.6. The second kappa shape index (κ2) is 9.57. The van der Waals surface area contributed by atoms with Crippen LogP contribution in [0, 0.1) is 10.1 Å². The van der Waals surface area contributed by atoms with Crippen LogP contribution in [0.4, 0.5) is 11.4 Å². The third kappa shape index (κ3) is 4.59. The molecule has 2 heterocycles. The Balaban J connectivity index is 1.17. The molecule has 0 spiro atoms. The van der Waals surface area contributed by atoms with E-state index in [0.717, 1.165) is 41.9 Å². The number of ether oxygens (including phenoxy) is 1. The molecule has 180 valence electrons. The first-order valence-electron chi connectivity index (χ1n) is 11.6. The third-order valence-corrected chi connectivity index (χ3v) is 6.51. The molecule has 0 N–H and O–H groups in total. The highest BCUT2D eigenvalue weighted by molar-refractivity contribution is 5.91. The number of nitrogens with zero attached hydrogens (tertiary/aromatic N) is 5. The summed E-state index contributed by atoms with van der Waals surface area (Å²) in [6.45, 7) is 1.80. The van der Waals surface area contributed by atoms with Gasteiger partial charge in [0.1, 0.15) is 0 Å². The van der Waals surface area contributed by atoms with Gasteiger partial charge in [-0.05, 0) is 43.5 Å². The van der Waals surface area contributed by atoms with Crippen LogP contribution in [0.25, 0.3) is 5.69 Å². The Bertz CT molecular complexity index is 1250. The number of hydrogen-bond donors (Lipinski definition) is 0. The third-order valence-electron chi connectivity index (χ3n) is 6.51. The normalized spacial score (nSPS) is 15.1. The number of non-ortho nitro benzene ring substituents is 1. The lowest BCUT2D eigenvalue weighted by Crippen LogP contribution is -2.49. The molecule has 0 unspecified atom stereocenters. The molecule has 2 aliphatic rings. The van der Waals surface area contributed by atoms with Crippen molar-refractivity contribution in [1.29, 1.82) is 0 Å². The minimum absolute atomic E-state index is 0.0450. The number of aromatic nitrogens is 2. The Morgan fingerprint density at radius 2 is 1.66 bits per heavy atom. The molecule has 35 heavy (non-hydrogen) atoms. The zero-order valence-electron chi connectivity index (χ0n) is 19.1. The number of anilines is 1. The van der Waals surface area contributed by atoms with Crippen molar-refractivity contribution >= 4 is 23.3 Å². The maximum absolute atomic E-state index is 12.8. The van der Waals surface area contributed by atoms with Crippen LogP contribution in [0.2, 0.25) is 0 Å². The summed E-state index contributed by atoms with van der Waals surface area (Å²) in [5, 5.41) is 15.4. The van der Waals surface area contributed by atoms with Gasteiger partial charge >= 0.3 is 5.97 Å². The summed E-state index contributed by atoms with van der Waals surface area (Å²) in [6.07, 6.45) is 2.58. The molecule has 1 aliphatic carbocycles. The number of piperazine rings is 1. The van der Waals surface area contributed by atoms with Crippen molar-refractivity contribution in [2.24, 2.45) is 0 Å². The summed E-state index contributed by atoms with van der Waals surface area (Å²) in [7, 11) is 0. The van der Waals surface area contributed by atoms with Crippen molar-refractivity contribution in [3.05, 3.63) is 81.7 Å². The minimum atomic E-state index is -0.573. The minimum Gasteiger partial charge on any atom is -0.451 e. The molecule has 1 aromatic heterocycles. The second-order valence-electron chi connectivity index (χ2n) is 8.59. The predicted octanol–water partition coefficient (Wildman–Crippen LogP) is 2.77. The topological polar surface area (TPSA) is 111 Å². The molecule has 1 saturated heterocycles. The molecule has 0 saturated carbocycles.